The van der Waals surface area contributed by atoms with Crippen LogP contribution in [-0.2, 0) is 11.8 Å². The van der Waals surface area contributed by atoms with E-state index in [1.165, 1.54) is 11.0 Å². The number of tetrazole rings is 1. The second-order valence-corrected chi connectivity index (χ2v) is 7.38. The minimum absolute atomic E-state index is 0.0349. The number of piperidine rings is 1. The van der Waals surface area contributed by atoms with E-state index in [4.69, 9.17) is 4.74 Å². The number of hydrogen-bond acceptors (Lipinski definition) is 6. The first-order chi connectivity index (χ1) is 14.6. The van der Waals surface area contributed by atoms with Gasteiger partial charge in [0, 0.05) is 32.3 Å². The second kappa shape index (κ2) is 8.89. The van der Waals surface area contributed by atoms with Gasteiger partial charge < -0.3 is 14.2 Å². The number of amides is 1. The van der Waals surface area contributed by atoms with E-state index < -0.39 is 5.97 Å². The second-order valence-electron chi connectivity index (χ2n) is 7.38. The van der Waals surface area contributed by atoms with Crippen LogP contribution < -0.4 is 0 Å². The van der Waals surface area contributed by atoms with Gasteiger partial charge in [0.15, 0.2) is 0 Å². The monoisotopic (exact) mass is 408 g/mol. The molecule has 1 aromatic carbocycles. The van der Waals surface area contributed by atoms with Crippen molar-refractivity contribution in [3.63, 3.8) is 0 Å². The summed E-state index contributed by atoms with van der Waals surface area (Å²) in [5.41, 5.74) is 1.79. The van der Waals surface area contributed by atoms with Crippen LogP contribution in [0.4, 0.5) is 0 Å². The van der Waals surface area contributed by atoms with Gasteiger partial charge in [-0.25, -0.2) is 9.48 Å². The Morgan fingerprint density at radius 1 is 1.20 bits per heavy atom. The normalized spacial score (nSPS) is 16.4. The number of ether oxygens (including phenoxy) is 1. The summed E-state index contributed by atoms with van der Waals surface area (Å²) in [6.07, 6.45) is 6.94. The van der Waals surface area contributed by atoms with E-state index in [1.54, 1.807) is 18.2 Å². The highest BCUT2D eigenvalue weighted by molar-refractivity contribution is 5.93. The molecule has 3 heterocycles. The molecule has 1 fully saturated rings. The molecule has 0 N–H and O–H groups in total. The zero-order valence-corrected chi connectivity index (χ0v) is 16.8. The SMILES string of the molecule is Cn1cccc1C(=O)N1CCCCC1CCOC(=O)c1cccc(-n2cnnn2)c1. The first-order valence-electron chi connectivity index (χ1n) is 10.1. The molecule has 3 aromatic rings. The Bertz CT molecular complexity index is 1010. The Kier molecular flexibility index (Phi) is 5.87. The van der Waals surface area contributed by atoms with Crippen molar-refractivity contribution in [1.82, 2.24) is 29.7 Å². The zero-order chi connectivity index (χ0) is 20.9. The van der Waals surface area contributed by atoms with Gasteiger partial charge >= 0.3 is 5.97 Å². The summed E-state index contributed by atoms with van der Waals surface area (Å²) in [6, 6.07) is 10.7. The quantitative estimate of drug-likeness (QED) is 0.581. The average Bonchev–Trinajstić information content (AvgIpc) is 3.46. The van der Waals surface area contributed by atoms with Gasteiger partial charge in [-0.1, -0.05) is 6.07 Å². The lowest BCUT2D eigenvalue weighted by Crippen LogP contribution is -2.44. The zero-order valence-electron chi connectivity index (χ0n) is 16.8. The van der Waals surface area contributed by atoms with Crippen molar-refractivity contribution in [2.45, 2.75) is 31.7 Å². The van der Waals surface area contributed by atoms with Crippen molar-refractivity contribution >= 4 is 11.9 Å². The number of nitrogens with zero attached hydrogens (tertiary/aromatic N) is 6. The van der Waals surface area contributed by atoms with Crippen LogP contribution in [0.15, 0.2) is 48.9 Å². The van der Waals surface area contributed by atoms with Gasteiger partial charge in [0.25, 0.3) is 5.91 Å². The van der Waals surface area contributed by atoms with Crippen LogP contribution >= 0.6 is 0 Å². The number of hydrogen-bond donors (Lipinski definition) is 0. The number of benzene rings is 1. The lowest BCUT2D eigenvalue weighted by molar-refractivity contribution is 0.0406. The Morgan fingerprint density at radius 3 is 2.87 bits per heavy atom. The number of carbonyl (C=O) groups excluding carboxylic acids is 2. The number of carbonyl (C=O) groups is 2. The van der Waals surface area contributed by atoms with Crippen molar-refractivity contribution in [2.75, 3.05) is 13.2 Å². The number of esters is 1. The Hall–Kier alpha value is -3.49. The van der Waals surface area contributed by atoms with Crippen LogP contribution in [0.2, 0.25) is 0 Å². The standard InChI is InChI=1S/C21H24N6O3/c1-25-11-5-9-19(25)20(28)26-12-3-2-7-17(26)10-13-30-21(29)16-6-4-8-18(14-16)27-15-22-23-24-27/h4-6,8-9,11,14-15,17H,2-3,7,10,12-13H2,1H3. The Balaban J connectivity index is 1.36. The maximum absolute atomic E-state index is 12.9. The predicted molar refractivity (Wildman–Crippen MR) is 108 cm³/mol. The van der Waals surface area contributed by atoms with Crippen LogP contribution in [0.5, 0.6) is 0 Å². The molecule has 1 saturated heterocycles. The molecule has 0 saturated carbocycles. The minimum Gasteiger partial charge on any atom is -0.462 e. The lowest BCUT2D eigenvalue weighted by atomic mass is 9.99. The number of rotatable bonds is 6. The van der Waals surface area contributed by atoms with E-state index in [0.717, 1.165) is 25.8 Å². The third kappa shape index (κ3) is 4.24. The average molecular weight is 408 g/mol. The molecule has 9 heteroatoms. The molecule has 1 aliphatic rings. The molecule has 0 bridgehead atoms. The molecular weight excluding hydrogens is 384 g/mol. The third-order valence-corrected chi connectivity index (χ3v) is 5.43. The van der Waals surface area contributed by atoms with E-state index in [-0.39, 0.29) is 18.6 Å². The van der Waals surface area contributed by atoms with E-state index >= 15 is 0 Å². The van der Waals surface area contributed by atoms with Crippen LogP contribution in [0, 0.1) is 0 Å². The third-order valence-electron chi connectivity index (χ3n) is 5.43. The van der Waals surface area contributed by atoms with Crippen LogP contribution in [0.3, 0.4) is 0 Å². The highest BCUT2D eigenvalue weighted by atomic mass is 16.5. The molecule has 4 rings (SSSR count). The fourth-order valence-electron chi connectivity index (χ4n) is 3.82. The van der Waals surface area contributed by atoms with E-state index in [1.807, 2.05) is 40.9 Å². The number of aromatic nitrogens is 5. The molecular formula is C21H24N6O3. The smallest absolute Gasteiger partial charge is 0.338 e. The fourth-order valence-corrected chi connectivity index (χ4v) is 3.82. The largest absolute Gasteiger partial charge is 0.462 e. The van der Waals surface area contributed by atoms with E-state index in [2.05, 4.69) is 15.5 Å². The summed E-state index contributed by atoms with van der Waals surface area (Å²) in [5.74, 6) is -0.367. The van der Waals surface area contributed by atoms with Crippen molar-refractivity contribution in [3.05, 3.63) is 60.2 Å². The summed E-state index contributed by atoms with van der Waals surface area (Å²) in [5, 5.41) is 11.0. The maximum Gasteiger partial charge on any atom is 0.338 e. The molecule has 0 spiro atoms. The fraction of sp³-hybridized carbons (Fsp3) is 0.381. The molecule has 0 radical (unpaired) electrons. The summed E-state index contributed by atoms with van der Waals surface area (Å²) < 4.78 is 8.82. The molecule has 1 unspecified atom stereocenters. The summed E-state index contributed by atoms with van der Waals surface area (Å²) in [7, 11) is 1.87. The van der Waals surface area contributed by atoms with Gasteiger partial charge in [-0.3, -0.25) is 4.79 Å². The molecule has 30 heavy (non-hydrogen) atoms. The van der Waals surface area contributed by atoms with Crippen molar-refractivity contribution in [2.24, 2.45) is 7.05 Å². The molecule has 0 aliphatic carbocycles. The number of aryl methyl sites for hydroxylation is 1. The summed E-state index contributed by atoms with van der Waals surface area (Å²) in [4.78, 5) is 27.3. The van der Waals surface area contributed by atoms with Gasteiger partial charge in [0.05, 0.1) is 17.9 Å². The first-order valence-corrected chi connectivity index (χ1v) is 10.1. The van der Waals surface area contributed by atoms with Crippen LogP contribution in [-0.4, -0.2) is 60.7 Å². The highest BCUT2D eigenvalue weighted by Crippen LogP contribution is 2.22. The van der Waals surface area contributed by atoms with Crippen molar-refractivity contribution < 1.29 is 14.3 Å². The van der Waals surface area contributed by atoms with Crippen molar-refractivity contribution in [1.29, 1.82) is 0 Å². The lowest BCUT2D eigenvalue weighted by Gasteiger charge is -2.35. The van der Waals surface area contributed by atoms with Gasteiger partial charge in [-0.05, 0) is 60.0 Å². The predicted octanol–water partition coefficient (Wildman–Crippen LogP) is 2.24. The summed E-state index contributed by atoms with van der Waals surface area (Å²) in [6.45, 7) is 0.992. The number of likely N-dealkylation sites (tertiary alicyclic amines) is 1. The van der Waals surface area contributed by atoms with Gasteiger partial charge in [0.2, 0.25) is 0 Å². The maximum atomic E-state index is 12.9. The summed E-state index contributed by atoms with van der Waals surface area (Å²) >= 11 is 0. The minimum atomic E-state index is -0.402. The first kappa shape index (κ1) is 19.8. The Labute approximate surface area is 174 Å². The molecule has 2 aromatic heterocycles. The van der Waals surface area contributed by atoms with E-state index in [0.29, 0.717) is 23.4 Å². The molecule has 1 atom stereocenters. The van der Waals surface area contributed by atoms with E-state index in [9.17, 15) is 9.59 Å². The van der Waals surface area contributed by atoms with Gasteiger partial charge in [-0.15, -0.1) is 5.10 Å². The van der Waals surface area contributed by atoms with Gasteiger partial charge in [0.1, 0.15) is 12.0 Å². The highest BCUT2D eigenvalue weighted by Gasteiger charge is 2.28. The topological polar surface area (TPSA) is 95.1 Å². The van der Waals surface area contributed by atoms with Gasteiger partial charge in [-0.2, -0.15) is 0 Å². The molecule has 1 amide bonds. The van der Waals surface area contributed by atoms with Crippen LogP contribution in [0.1, 0.15) is 46.5 Å². The Morgan fingerprint density at radius 2 is 2.10 bits per heavy atom. The van der Waals surface area contributed by atoms with Crippen LogP contribution in [0.25, 0.3) is 5.69 Å². The molecule has 1 aliphatic heterocycles. The molecule has 156 valence electrons. The molecule has 9 nitrogen and oxygen atoms in total. The van der Waals surface area contributed by atoms with Crippen molar-refractivity contribution in [3.8, 4) is 5.69 Å².